The summed E-state index contributed by atoms with van der Waals surface area (Å²) in [4.78, 5) is 27.2. The molecular formula is C22H21NO2. The van der Waals surface area contributed by atoms with E-state index in [2.05, 4.69) is 17.9 Å². The van der Waals surface area contributed by atoms with Crippen LogP contribution in [0.4, 0.5) is 5.69 Å². The Balaban J connectivity index is 1.99. The molecule has 2 aromatic carbocycles. The number of anilines is 1. The summed E-state index contributed by atoms with van der Waals surface area (Å²) in [6, 6.07) is 17.7. The average molecular weight is 331 g/mol. The van der Waals surface area contributed by atoms with Crippen LogP contribution in [0.25, 0.3) is 0 Å². The van der Waals surface area contributed by atoms with Gasteiger partial charge in [0.1, 0.15) is 11.8 Å². The zero-order valence-corrected chi connectivity index (χ0v) is 14.3. The largest absolute Gasteiger partial charge is 0.347 e. The highest BCUT2D eigenvalue weighted by molar-refractivity contribution is 6.15. The van der Waals surface area contributed by atoms with Gasteiger partial charge in [-0.2, -0.15) is 0 Å². The van der Waals surface area contributed by atoms with Crippen LogP contribution in [0.5, 0.6) is 0 Å². The maximum Gasteiger partial charge on any atom is 0.195 e. The van der Waals surface area contributed by atoms with Gasteiger partial charge in [0.25, 0.3) is 0 Å². The van der Waals surface area contributed by atoms with E-state index in [1.54, 1.807) is 0 Å². The summed E-state index contributed by atoms with van der Waals surface area (Å²) >= 11 is 0. The maximum atomic E-state index is 13.5. The van der Waals surface area contributed by atoms with Gasteiger partial charge in [0.05, 0.1) is 6.04 Å². The first-order chi connectivity index (χ1) is 12.2. The number of hydrogen-bond donors (Lipinski definition) is 0. The normalized spacial score (nSPS) is 24.5. The van der Waals surface area contributed by atoms with Crippen molar-refractivity contribution in [1.82, 2.24) is 0 Å². The Morgan fingerprint density at radius 2 is 1.84 bits per heavy atom. The van der Waals surface area contributed by atoms with Gasteiger partial charge in [-0.15, -0.1) is 0 Å². The summed E-state index contributed by atoms with van der Waals surface area (Å²) in [5.41, 5.74) is 3.20. The van der Waals surface area contributed by atoms with E-state index in [1.165, 1.54) is 5.57 Å². The van der Waals surface area contributed by atoms with Crippen LogP contribution in [-0.4, -0.2) is 18.1 Å². The Labute approximate surface area is 148 Å². The second-order valence-electron chi connectivity index (χ2n) is 6.70. The number of para-hydroxylation sites is 1. The average Bonchev–Trinajstić information content (AvgIpc) is 2.93. The van der Waals surface area contributed by atoms with E-state index in [1.807, 2.05) is 54.6 Å². The number of nitrogens with zero attached hydrogens (tertiary/aromatic N) is 1. The first-order valence-corrected chi connectivity index (χ1v) is 8.85. The van der Waals surface area contributed by atoms with Crippen LogP contribution in [0.1, 0.15) is 42.1 Å². The van der Waals surface area contributed by atoms with Crippen LogP contribution < -0.4 is 4.90 Å². The van der Waals surface area contributed by atoms with E-state index in [0.717, 1.165) is 29.5 Å². The van der Waals surface area contributed by atoms with Crippen molar-refractivity contribution >= 4 is 17.8 Å². The summed E-state index contributed by atoms with van der Waals surface area (Å²) in [6.45, 7) is 2.11. The lowest BCUT2D eigenvalue weighted by atomic mass is 9.76. The van der Waals surface area contributed by atoms with Gasteiger partial charge in [0, 0.05) is 24.1 Å². The summed E-state index contributed by atoms with van der Waals surface area (Å²) in [5, 5.41) is 0. The fraction of sp³-hybridized carbons (Fsp3) is 0.273. The summed E-state index contributed by atoms with van der Waals surface area (Å²) in [5.74, 6) is 0.136. The highest BCUT2D eigenvalue weighted by Gasteiger charge is 2.55. The fourth-order valence-electron chi connectivity index (χ4n) is 4.45. The molecule has 2 aliphatic heterocycles. The van der Waals surface area contributed by atoms with Crippen molar-refractivity contribution in [2.24, 2.45) is 0 Å². The van der Waals surface area contributed by atoms with Crippen molar-refractivity contribution in [3.05, 3.63) is 77.4 Å². The smallest absolute Gasteiger partial charge is 0.195 e. The molecule has 0 aromatic heterocycles. The maximum absolute atomic E-state index is 13.5. The summed E-state index contributed by atoms with van der Waals surface area (Å²) < 4.78 is 0. The monoisotopic (exact) mass is 331 g/mol. The molecule has 0 fully saturated rings. The van der Waals surface area contributed by atoms with Crippen LogP contribution in [0, 0.1) is 0 Å². The fourth-order valence-corrected chi connectivity index (χ4v) is 4.45. The molecule has 0 unspecified atom stereocenters. The minimum atomic E-state index is -0.739. The van der Waals surface area contributed by atoms with E-state index in [0.29, 0.717) is 12.8 Å². The minimum Gasteiger partial charge on any atom is -0.347 e. The Bertz CT molecular complexity index is 855. The van der Waals surface area contributed by atoms with Crippen LogP contribution in [0.15, 0.2) is 66.2 Å². The van der Waals surface area contributed by atoms with Crippen LogP contribution in [-0.2, 0) is 10.3 Å². The predicted molar refractivity (Wildman–Crippen MR) is 98.8 cm³/mol. The Kier molecular flexibility index (Phi) is 3.79. The van der Waals surface area contributed by atoms with Gasteiger partial charge < -0.3 is 9.69 Å². The zero-order valence-electron chi connectivity index (χ0n) is 14.3. The van der Waals surface area contributed by atoms with Gasteiger partial charge in [-0.25, -0.2) is 0 Å². The lowest BCUT2D eigenvalue weighted by Gasteiger charge is -2.47. The van der Waals surface area contributed by atoms with Gasteiger partial charge in [-0.1, -0.05) is 61.0 Å². The highest BCUT2D eigenvalue weighted by Crippen LogP contribution is 2.52. The topological polar surface area (TPSA) is 37.4 Å². The standard InChI is InChI=1S/C22H21NO2/c1-2-16-12-14-22(17-8-4-3-5-9-17)21(25)18-10-6-7-11-20(18)23(22)19(16)13-15-24/h3-12,15,19H,2,13-14H2,1H3/t19-,22-/m1/s1. The molecule has 3 heteroatoms. The Morgan fingerprint density at radius 3 is 2.56 bits per heavy atom. The molecule has 0 aliphatic carbocycles. The van der Waals surface area contributed by atoms with Crippen molar-refractivity contribution < 1.29 is 9.59 Å². The molecule has 0 saturated heterocycles. The first-order valence-electron chi connectivity index (χ1n) is 8.85. The second kappa shape index (κ2) is 5.99. The molecule has 2 heterocycles. The number of carbonyl (C=O) groups excluding carboxylic acids is 2. The second-order valence-corrected chi connectivity index (χ2v) is 6.70. The molecule has 126 valence electrons. The van der Waals surface area contributed by atoms with Gasteiger partial charge in [-0.3, -0.25) is 4.79 Å². The molecule has 2 atom stereocenters. The first kappa shape index (κ1) is 15.8. The number of Topliss-reactive ketones (excluding diaryl/α,β-unsaturated/α-hetero) is 1. The minimum absolute atomic E-state index is 0.0657. The molecule has 0 saturated carbocycles. The van der Waals surface area contributed by atoms with Crippen molar-refractivity contribution in [2.75, 3.05) is 4.90 Å². The number of rotatable bonds is 4. The van der Waals surface area contributed by atoms with Gasteiger partial charge in [-0.05, 0) is 24.1 Å². The molecule has 25 heavy (non-hydrogen) atoms. The molecule has 0 bridgehead atoms. The van der Waals surface area contributed by atoms with Crippen LogP contribution in [0.2, 0.25) is 0 Å². The van der Waals surface area contributed by atoms with Gasteiger partial charge in [0.15, 0.2) is 5.78 Å². The van der Waals surface area contributed by atoms with E-state index in [-0.39, 0.29) is 11.8 Å². The summed E-state index contributed by atoms with van der Waals surface area (Å²) in [7, 11) is 0. The quantitative estimate of drug-likeness (QED) is 0.620. The predicted octanol–water partition coefficient (Wildman–Crippen LogP) is 4.28. The van der Waals surface area contributed by atoms with Crippen molar-refractivity contribution in [2.45, 2.75) is 37.8 Å². The van der Waals surface area contributed by atoms with E-state index >= 15 is 0 Å². The molecule has 0 amide bonds. The molecule has 4 rings (SSSR count). The summed E-state index contributed by atoms with van der Waals surface area (Å²) in [6.07, 6.45) is 5.08. The zero-order chi connectivity index (χ0) is 17.4. The number of fused-ring (bicyclic) bond motifs is 3. The van der Waals surface area contributed by atoms with E-state index in [4.69, 9.17) is 0 Å². The highest BCUT2D eigenvalue weighted by atomic mass is 16.1. The number of ketones is 1. The number of hydrogen-bond acceptors (Lipinski definition) is 3. The number of aldehydes is 1. The van der Waals surface area contributed by atoms with Crippen LogP contribution in [0.3, 0.4) is 0 Å². The van der Waals surface area contributed by atoms with Crippen LogP contribution >= 0.6 is 0 Å². The molecule has 0 N–H and O–H groups in total. The molecule has 3 nitrogen and oxygen atoms in total. The lowest BCUT2D eigenvalue weighted by Crippen LogP contribution is -2.55. The van der Waals surface area contributed by atoms with Crippen molar-refractivity contribution in [3.63, 3.8) is 0 Å². The molecule has 0 radical (unpaired) electrons. The van der Waals surface area contributed by atoms with Crippen molar-refractivity contribution in [1.29, 1.82) is 0 Å². The molecule has 0 spiro atoms. The molecule has 2 aromatic rings. The third kappa shape index (κ3) is 2.12. The lowest BCUT2D eigenvalue weighted by molar-refractivity contribution is -0.108. The number of carbonyl (C=O) groups is 2. The van der Waals surface area contributed by atoms with E-state index < -0.39 is 5.54 Å². The third-order valence-electron chi connectivity index (χ3n) is 5.57. The van der Waals surface area contributed by atoms with Crippen molar-refractivity contribution in [3.8, 4) is 0 Å². The number of benzene rings is 2. The van der Waals surface area contributed by atoms with Gasteiger partial charge in [0.2, 0.25) is 0 Å². The Morgan fingerprint density at radius 1 is 1.12 bits per heavy atom. The van der Waals surface area contributed by atoms with Gasteiger partial charge >= 0.3 is 0 Å². The third-order valence-corrected chi connectivity index (χ3v) is 5.57. The molecule has 2 aliphatic rings. The molecular weight excluding hydrogens is 310 g/mol. The SMILES string of the molecule is CCC1=CC[C@@]2(c3ccccc3)C(=O)c3ccccc3N2[C@@H]1CC=O. The Hall–Kier alpha value is -2.68. The van der Waals surface area contributed by atoms with E-state index in [9.17, 15) is 9.59 Å².